The monoisotopic (exact) mass is 236 g/mol. The first kappa shape index (κ1) is 12.1. The molecule has 4 N–H and O–H groups in total. The number of nitrogens with two attached hydrogens (primary N) is 1. The van der Waals surface area contributed by atoms with Crippen molar-refractivity contribution < 1.29 is 5.11 Å². The van der Waals surface area contributed by atoms with Gasteiger partial charge in [0.2, 0.25) is 5.95 Å². The second-order valence-corrected chi connectivity index (χ2v) is 4.90. The van der Waals surface area contributed by atoms with E-state index in [0.717, 1.165) is 37.1 Å². The summed E-state index contributed by atoms with van der Waals surface area (Å²) < 4.78 is 0. The molecule has 0 saturated heterocycles. The molecule has 2 rings (SSSR count). The van der Waals surface area contributed by atoms with Crippen molar-refractivity contribution in [2.45, 2.75) is 44.6 Å². The number of nitrogen functional groups attached to an aromatic ring is 1. The summed E-state index contributed by atoms with van der Waals surface area (Å²) in [5.74, 6) is 0.977. The summed E-state index contributed by atoms with van der Waals surface area (Å²) in [5, 5.41) is 13.5. The number of hydrogen-bond acceptors (Lipinski definition) is 5. The fourth-order valence-corrected chi connectivity index (χ4v) is 2.27. The fraction of sp³-hybridized carbons (Fsp3) is 0.667. The van der Waals surface area contributed by atoms with Crippen LogP contribution in [0.3, 0.4) is 0 Å². The Bertz CT molecular complexity index is 388. The molecule has 0 spiro atoms. The molecule has 0 radical (unpaired) electrons. The van der Waals surface area contributed by atoms with Crippen LogP contribution in [0.25, 0.3) is 0 Å². The van der Waals surface area contributed by atoms with E-state index < -0.39 is 5.60 Å². The van der Waals surface area contributed by atoms with Gasteiger partial charge in [0.25, 0.3) is 0 Å². The zero-order valence-corrected chi connectivity index (χ0v) is 10.2. The van der Waals surface area contributed by atoms with E-state index in [2.05, 4.69) is 15.3 Å². The Kier molecular flexibility index (Phi) is 3.47. The van der Waals surface area contributed by atoms with E-state index in [1.807, 2.05) is 6.92 Å². The van der Waals surface area contributed by atoms with Crippen LogP contribution in [0, 0.1) is 6.92 Å². The summed E-state index contributed by atoms with van der Waals surface area (Å²) in [7, 11) is 0. The molecule has 1 heterocycles. The van der Waals surface area contributed by atoms with Crippen LogP contribution in [-0.2, 0) is 0 Å². The van der Waals surface area contributed by atoms with Crippen LogP contribution in [0.15, 0.2) is 6.20 Å². The molecule has 1 aliphatic rings. The number of nitrogens with one attached hydrogen (secondary N) is 1. The molecule has 5 nitrogen and oxygen atoms in total. The molecule has 0 aromatic carbocycles. The molecule has 1 aliphatic carbocycles. The van der Waals surface area contributed by atoms with Crippen molar-refractivity contribution in [3.8, 4) is 0 Å². The van der Waals surface area contributed by atoms with Crippen molar-refractivity contribution in [1.82, 2.24) is 9.97 Å². The minimum Gasteiger partial charge on any atom is -0.388 e. The Morgan fingerprint density at radius 1 is 1.41 bits per heavy atom. The number of nitrogens with zero attached hydrogens (tertiary/aromatic N) is 2. The van der Waals surface area contributed by atoms with Crippen LogP contribution in [0.2, 0.25) is 0 Å². The van der Waals surface area contributed by atoms with Gasteiger partial charge in [0.1, 0.15) is 5.82 Å². The third kappa shape index (κ3) is 3.06. The quantitative estimate of drug-likeness (QED) is 0.740. The summed E-state index contributed by atoms with van der Waals surface area (Å²) >= 11 is 0. The average molecular weight is 236 g/mol. The van der Waals surface area contributed by atoms with Gasteiger partial charge in [0.15, 0.2) is 0 Å². The van der Waals surface area contributed by atoms with Gasteiger partial charge in [-0.25, -0.2) is 4.98 Å². The fourth-order valence-electron chi connectivity index (χ4n) is 2.27. The minimum absolute atomic E-state index is 0.258. The van der Waals surface area contributed by atoms with E-state index in [1.54, 1.807) is 6.20 Å². The highest BCUT2D eigenvalue weighted by Crippen LogP contribution is 2.28. The Labute approximate surface area is 101 Å². The van der Waals surface area contributed by atoms with Crippen molar-refractivity contribution in [1.29, 1.82) is 0 Å². The molecule has 1 saturated carbocycles. The molecule has 17 heavy (non-hydrogen) atoms. The predicted molar refractivity (Wildman–Crippen MR) is 67.7 cm³/mol. The molecule has 0 aliphatic heterocycles. The van der Waals surface area contributed by atoms with Gasteiger partial charge in [-0.1, -0.05) is 19.3 Å². The first-order valence-corrected chi connectivity index (χ1v) is 6.14. The second-order valence-electron chi connectivity index (χ2n) is 4.90. The maximum atomic E-state index is 10.4. The first-order valence-electron chi connectivity index (χ1n) is 6.14. The molecule has 94 valence electrons. The van der Waals surface area contributed by atoms with Gasteiger partial charge in [-0.15, -0.1) is 0 Å². The molecule has 1 fully saturated rings. The van der Waals surface area contributed by atoms with Crippen molar-refractivity contribution in [3.63, 3.8) is 0 Å². The predicted octanol–water partition coefficient (Wildman–Crippen LogP) is 1.47. The Balaban J connectivity index is 1.99. The standard InChI is InChI=1S/C12H20N4O/c1-9-7-14-11(13)16-10(9)15-8-12(17)5-3-2-4-6-12/h7,17H,2-6,8H2,1H3,(H3,13,14,15,16). The van der Waals surface area contributed by atoms with Crippen LogP contribution >= 0.6 is 0 Å². The van der Waals surface area contributed by atoms with E-state index in [-0.39, 0.29) is 5.95 Å². The number of aromatic nitrogens is 2. The molecular formula is C12H20N4O. The summed E-state index contributed by atoms with van der Waals surface area (Å²) in [6.07, 6.45) is 6.84. The molecule has 1 aromatic rings. The molecule has 0 atom stereocenters. The Morgan fingerprint density at radius 2 is 2.12 bits per heavy atom. The summed E-state index contributed by atoms with van der Waals surface area (Å²) in [5.41, 5.74) is 5.89. The Hall–Kier alpha value is -1.36. The highest BCUT2D eigenvalue weighted by atomic mass is 16.3. The average Bonchev–Trinajstić information content (AvgIpc) is 2.31. The van der Waals surface area contributed by atoms with Gasteiger partial charge in [-0.2, -0.15) is 4.98 Å². The molecule has 5 heteroatoms. The van der Waals surface area contributed by atoms with Gasteiger partial charge < -0.3 is 16.2 Å². The van der Waals surface area contributed by atoms with Gasteiger partial charge >= 0.3 is 0 Å². The highest BCUT2D eigenvalue weighted by Gasteiger charge is 2.28. The summed E-state index contributed by atoms with van der Waals surface area (Å²) in [6.45, 7) is 2.46. The van der Waals surface area contributed by atoms with Crippen LogP contribution in [0.5, 0.6) is 0 Å². The molecule has 0 bridgehead atoms. The lowest BCUT2D eigenvalue weighted by Crippen LogP contribution is -2.39. The molecule has 0 amide bonds. The van der Waals surface area contributed by atoms with Crippen LogP contribution < -0.4 is 11.1 Å². The third-order valence-corrected chi connectivity index (χ3v) is 3.36. The van der Waals surface area contributed by atoms with Crippen LogP contribution in [-0.4, -0.2) is 27.2 Å². The van der Waals surface area contributed by atoms with Gasteiger partial charge in [-0.05, 0) is 19.8 Å². The number of aliphatic hydroxyl groups is 1. The van der Waals surface area contributed by atoms with E-state index in [1.165, 1.54) is 6.42 Å². The minimum atomic E-state index is -0.593. The maximum Gasteiger partial charge on any atom is 0.221 e. The lowest BCUT2D eigenvalue weighted by Gasteiger charge is -2.32. The lowest BCUT2D eigenvalue weighted by molar-refractivity contribution is 0.0166. The summed E-state index contributed by atoms with van der Waals surface area (Å²) in [6, 6.07) is 0. The smallest absolute Gasteiger partial charge is 0.221 e. The SMILES string of the molecule is Cc1cnc(N)nc1NCC1(O)CCCCC1. The third-order valence-electron chi connectivity index (χ3n) is 3.36. The second kappa shape index (κ2) is 4.87. The van der Waals surface area contributed by atoms with E-state index in [4.69, 9.17) is 5.73 Å². The van der Waals surface area contributed by atoms with Crippen LogP contribution in [0.4, 0.5) is 11.8 Å². The van der Waals surface area contributed by atoms with Gasteiger partial charge in [-0.3, -0.25) is 0 Å². The Morgan fingerprint density at radius 3 is 2.82 bits per heavy atom. The van der Waals surface area contributed by atoms with Crippen molar-refractivity contribution in [3.05, 3.63) is 11.8 Å². The van der Waals surface area contributed by atoms with Crippen LogP contribution in [0.1, 0.15) is 37.7 Å². The number of hydrogen-bond donors (Lipinski definition) is 3. The highest BCUT2D eigenvalue weighted by molar-refractivity contribution is 5.45. The molecule has 1 aromatic heterocycles. The van der Waals surface area contributed by atoms with Gasteiger partial charge in [0.05, 0.1) is 5.60 Å². The first-order chi connectivity index (χ1) is 8.09. The van der Waals surface area contributed by atoms with Crippen molar-refractivity contribution >= 4 is 11.8 Å². The number of rotatable bonds is 3. The largest absolute Gasteiger partial charge is 0.388 e. The number of anilines is 2. The van der Waals surface area contributed by atoms with E-state index in [9.17, 15) is 5.11 Å². The molecule has 0 unspecified atom stereocenters. The number of aryl methyl sites for hydroxylation is 1. The lowest BCUT2D eigenvalue weighted by atomic mass is 9.85. The zero-order chi connectivity index (χ0) is 12.3. The molecular weight excluding hydrogens is 216 g/mol. The zero-order valence-electron chi connectivity index (χ0n) is 10.2. The maximum absolute atomic E-state index is 10.4. The normalized spacial score (nSPS) is 18.9. The van der Waals surface area contributed by atoms with Crippen molar-refractivity contribution in [2.24, 2.45) is 0 Å². The van der Waals surface area contributed by atoms with E-state index in [0.29, 0.717) is 6.54 Å². The van der Waals surface area contributed by atoms with Gasteiger partial charge in [0, 0.05) is 18.3 Å². The van der Waals surface area contributed by atoms with Crippen molar-refractivity contribution in [2.75, 3.05) is 17.6 Å². The summed E-state index contributed by atoms with van der Waals surface area (Å²) in [4.78, 5) is 8.05. The topological polar surface area (TPSA) is 84.1 Å². The van der Waals surface area contributed by atoms with E-state index >= 15 is 0 Å².